The van der Waals surface area contributed by atoms with Crippen LogP contribution in [0.1, 0.15) is 18.4 Å². The summed E-state index contributed by atoms with van der Waals surface area (Å²) in [4.78, 5) is 0. The van der Waals surface area contributed by atoms with Crippen LogP contribution in [0.5, 0.6) is 0 Å². The molecule has 1 aromatic rings. The summed E-state index contributed by atoms with van der Waals surface area (Å²) in [6.45, 7) is 0.699. The molecular formula is C9H12BrN3. The van der Waals surface area contributed by atoms with Crippen LogP contribution in [0.3, 0.4) is 0 Å². The third-order valence-electron chi connectivity index (χ3n) is 1.74. The predicted octanol–water partition coefficient (Wildman–Crippen LogP) is 2.12. The summed E-state index contributed by atoms with van der Waals surface area (Å²) in [5.41, 5.74) is 1.25. The summed E-state index contributed by atoms with van der Waals surface area (Å²) in [6, 6.07) is 2.10. The number of nitriles is 1. The van der Waals surface area contributed by atoms with E-state index >= 15 is 0 Å². The highest BCUT2D eigenvalue weighted by Gasteiger charge is 1.97. The summed E-state index contributed by atoms with van der Waals surface area (Å²) in [6.07, 6.45) is 6.60. The summed E-state index contributed by atoms with van der Waals surface area (Å²) in [7, 11) is 0. The maximum atomic E-state index is 8.38. The van der Waals surface area contributed by atoms with Crippen LogP contribution < -0.4 is 0 Å². The van der Waals surface area contributed by atoms with Crippen molar-refractivity contribution in [2.75, 3.05) is 5.33 Å². The molecule has 0 aliphatic rings. The van der Waals surface area contributed by atoms with Crippen molar-refractivity contribution >= 4 is 15.9 Å². The highest BCUT2D eigenvalue weighted by Crippen LogP contribution is 2.03. The van der Waals surface area contributed by atoms with Crippen molar-refractivity contribution < 1.29 is 0 Å². The monoisotopic (exact) mass is 241 g/mol. The van der Waals surface area contributed by atoms with E-state index < -0.39 is 0 Å². The number of halogens is 1. The molecule has 4 heteroatoms. The van der Waals surface area contributed by atoms with Gasteiger partial charge in [-0.05, 0) is 18.4 Å². The molecule has 0 atom stereocenters. The normalized spacial score (nSPS) is 9.85. The van der Waals surface area contributed by atoms with E-state index in [1.807, 2.05) is 17.1 Å². The first-order valence-corrected chi connectivity index (χ1v) is 5.43. The molecule has 0 fully saturated rings. The zero-order valence-electron chi connectivity index (χ0n) is 7.41. The largest absolute Gasteiger partial charge is 0.271 e. The average molecular weight is 242 g/mol. The smallest absolute Gasteiger partial charge is 0.0641 e. The molecule has 0 radical (unpaired) electrons. The van der Waals surface area contributed by atoms with Crippen molar-refractivity contribution in [1.82, 2.24) is 9.78 Å². The fraction of sp³-hybridized carbons (Fsp3) is 0.556. The van der Waals surface area contributed by atoms with Crippen LogP contribution in [-0.2, 0) is 13.0 Å². The molecule has 3 nitrogen and oxygen atoms in total. The van der Waals surface area contributed by atoms with Crippen LogP contribution in [0.15, 0.2) is 12.4 Å². The zero-order valence-corrected chi connectivity index (χ0v) is 9.00. The predicted molar refractivity (Wildman–Crippen MR) is 54.6 cm³/mol. The van der Waals surface area contributed by atoms with E-state index in [0.29, 0.717) is 13.0 Å². The van der Waals surface area contributed by atoms with Crippen LogP contribution in [0, 0.1) is 11.3 Å². The average Bonchev–Trinajstić information content (AvgIpc) is 2.59. The van der Waals surface area contributed by atoms with Gasteiger partial charge >= 0.3 is 0 Å². The first kappa shape index (κ1) is 10.3. The summed E-state index contributed by atoms with van der Waals surface area (Å²) < 4.78 is 1.83. The van der Waals surface area contributed by atoms with Crippen LogP contribution in [0.2, 0.25) is 0 Å². The van der Waals surface area contributed by atoms with Crippen LogP contribution >= 0.6 is 15.9 Å². The van der Waals surface area contributed by atoms with Gasteiger partial charge in [-0.3, -0.25) is 4.68 Å². The highest BCUT2D eigenvalue weighted by atomic mass is 79.9. The van der Waals surface area contributed by atoms with E-state index in [2.05, 4.69) is 27.1 Å². The van der Waals surface area contributed by atoms with Crippen molar-refractivity contribution in [2.45, 2.75) is 25.8 Å². The van der Waals surface area contributed by atoms with Gasteiger partial charge in [0, 0.05) is 11.5 Å². The van der Waals surface area contributed by atoms with E-state index in [1.165, 1.54) is 5.56 Å². The Balaban J connectivity index is 2.40. The lowest BCUT2D eigenvalue weighted by atomic mass is 10.2. The Kier molecular flexibility index (Phi) is 4.55. The minimum absolute atomic E-state index is 0.527. The number of rotatable bonds is 5. The molecular weight excluding hydrogens is 230 g/mol. The molecule has 1 aromatic heterocycles. The molecule has 1 heterocycles. The van der Waals surface area contributed by atoms with Crippen molar-refractivity contribution in [3.8, 4) is 6.07 Å². The first-order chi connectivity index (χ1) is 6.36. The lowest BCUT2D eigenvalue weighted by Crippen LogP contribution is -1.96. The Morgan fingerprint density at radius 1 is 1.62 bits per heavy atom. The van der Waals surface area contributed by atoms with E-state index in [4.69, 9.17) is 5.26 Å². The Morgan fingerprint density at radius 3 is 3.15 bits per heavy atom. The zero-order chi connectivity index (χ0) is 9.52. The number of alkyl halides is 1. The molecule has 0 bridgehead atoms. The minimum Gasteiger partial charge on any atom is -0.271 e. The third-order valence-corrected chi connectivity index (χ3v) is 2.30. The second kappa shape index (κ2) is 5.76. The van der Waals surface area contributed by atoms with Gasteiger partial charge in [0.15, 0.2) is 0 Å². The molecule has 13 heavy (non-hydrogen) atoms. The Morgan fingerprint density at radius 2 is 2.46 bits per heavy atom. The van der Waals surface area contributed by atoms with Crippen LogP contribution in [-0.4, -0.2) is 15.1 Å². The van der Waals surface area contributed by atoms with Crippen molar-refractivity contribution in [3.05, 3.63) is 18.0 Å². The number of aromatic nitrogens is 2. The van der Waals surface area contributed by atoms with Gasteiger partial charge in [0.05, 0.1) is 25.2 Å². The van der Waals surface area contributed by atoms with Crippen LogP contribution in [0.25, 0.3) is 0 Å². The van der Waals surface area contributed by atoms with Crippen molar-refractivity contribution in [1.29, 1.82) is 5.26 Å². The van der Waals surface area contributed by atoms with Gasteiger partial charge in [0.1, 0.15) is 0 Å². The van der Waals surface area contributed by atoms with Crippen molar-refractivity contribution in [3.63, 3.8) is 0 Å². The summed E-state index contributed by atoms with van der Waals surface area (Å²) in [5.74, 6) is 0. The fourth-order valence-electron chi connectivity index (χ4n) is 1.09. The molecule has 70 valence electrons. The molecule has 0 saturated carbocycles. The maximum Gasteiger partial charge on any atom is 0.0641 e. The quantitative estimate of drug-likeness (QED) is 0.742. The Bertz CT molecular complexity index is 287. The molecule has 0 aliphatic carbocycles. The first-order valence-electron chi connectivity index (χ1n) is 4.31. The van der Waals surface area contributed by atoms with Gasteiger partial charge in [-0.15, -0.1) is 0 Å². The fourth-order valence-corrected chi connectivity index (χ4v) is 1.37. The van der Waals surface area contributed by atoms with E-state index in [-0.39, 0.29) is 0 Å². The molecule has 1 rings (SSSR count). The lowest BCUT2D eigenvalue weighted by molar-refractivity contribution is 0.627. The van der Waals surface area contributed by atoms with Crippen LogP contribution in [0.4, 0.5) is 0 Å². The highest BCUT2D eigenvalue weighted by molar-refractivity contribution is 9.09. The standard InChI is InChI=1S/C9H12BrN3/c10-4-1-3-9-7-12-13(8-9)6-2-5-11/h7-8H,1-4,6H2. The van der Waals surface area contributed by atoms with Gasteiger partial charge in [-0.2, -0.15) is 10.4 Å². The topological polar surface area (TPSA) is 41.6 Å². The SMILES string of the molecule is N#CCCn1cc(CCCBr)cn1. The number of hydrogen-bond acceptors (Lipinski definition) is 2. The van der Waals surface area contributed by atoms with Gasteiger partial charge in [-0.1, -0.05) is 15.9 Å². The summed E-state index contributed by atoms with van der Waals surface area (Å²) in [5, 5.41) is 13.6. The molecule has 0 spiro atoms. The number of aryl methyl sites for hydroxylation is 2. The van der Waals surface area contributed by atoms with E-state index in [1.54, 1.807) is 0 Å². The molecule has 0 aliphatic heterocycles. The van der Waals surface area contributed by atoms with Gasteiger partial charge in [0.25, 0.3) is 0 Å². The molecule has 0 N–H and O–H groups in total. The lowest BCUT2D eigenvalue weighted by Gasteiger charge is -1.94. The Labute approximate surface area is 86.5 Å². The van der Waals surface area contributed by atoms with Crippen molar-refractivity contribution in [2.24, 2.45) is 0 Å². The van der Waals surface area contributed by atoms with E-state index in [9.17, 15) is 0 Å². The maximum absolute atomic E-state index is 8.38. The Hall–Kier alpha value is -0.820. The summed E-state index contributed by atoms with van der Waals surface area (Å²) >= 11 is 3.39. The van der Waals surface area contributed by atoms with Gasteiger partial charge in [0.2, 0.25) is 0 Å². The van der Waals surface area contributed by atoms with Gasteiger partial charge < -0.3 is 0 Å². The molecule has 0 aromatic carbocycles. The second-order valence-corrected chi connectivity index (χ2v) is 3.61. The number of nitrogens with zero attached hydrogens (tertiary/aromatic N) is 3. The second-order valence-electron chi connectivity index (χ2n) is 2.81. The molecule has 0 saturated heterocycles. The number of hydrogen-bond donors (Lipinski definition) is 0. The third kappa shape index (κ3) is 3.60. The van der Waals surface area contributed by atoms with Gasteiger partial charge in [-0.25, -0.2) is 0 Å². The molecule has 0 amide bonds. The molecule has 0 unspecified atom stereocenters. The van der Waals surface area contributed by atoms with E-state index in [0.717, 1.165) is 18.2 Å². The minimum atomic E-state index is 0.527.